The van der Waals surface area contributed by atoms with Crippen LogP contribution in [-0.2, 0) is 6.61 Å². The minimum absolute atomic E-state index is 0.0205. The van der Waals surface area contributed by atoms with E-state index in [9.17, 15) is 4.79 Å². The molecule has 0 N–H and O–H groups in total. The molecular weight excluding hydrogens is 338 g/mol. The number of amides is 1. The number of hydrogen-bond donors (Lipinski definition) is 0. The van der Waals surface area contributed by atoms with Crippen molar-refractivity contribution in [1.82, 2.24) is 14.3 Å². The van der Waals surface area contributed by atoms with Crippen LogP contribution in [0.1, 0.15) is 48.3 Å². The lowest BCUT2D eigenvalue weighted by Crippen LogP contribution is -2.32. The standard InChI is InChI=1S/C22H27N3O2/c1-4-6-13-24(5-2)22(26)19-9-7-8-10-20(19)27-16-18-15-25-14-17(3)11-12-21(25)23-18/h7-12,14-15H,4-6,13,16H2,1-3H3. The molecule has 0 atom stereocenters. The maximum Gasteiger partial charge on any atom is 0.257 e. The summed E-state index contributed by atoms with van der Waals surface area (Å²) in [6.07, 6.45) is 6.07. The van der Waals surface area contributed by atoms with Crippen LogP contribution < -0.4 is 4.74 Å². The molecule has 3 aromatic rings. The second-order valence-corrected chi connectivity index (χ2v) is 6.73. The van der Waals surface area contributed by atoms with Gasteiger partial charge in [-0.3, -0.25) is 4.79 Å². The van der Waals surface area contributed by atoms with Crippen molar-refractivity contribution in [3.63, 3.8) is 0 Å². The lowest BCUT2D eigenvalue weighted by molar-refractivity contribution is 0.0757. The summed E-state index contributed by atoms with van der Waals surface area (Å²) >= 11 is 0. The van der Waals surface area contributed by atoms with Crippen LogP contribution in [-0.4, -0.2) is 33.3 Å². The number of benzene rings is 1. The van der Waals surface area contributed by atoms with Gasteiger partial charge in [0.1, 0.15) is 18.0 Å². The van der Waals surface area contributed by atoms with Crippen LogP contribution in [0.4, 0.5) is 0 Å². The van der Waals surface area contributed by atoms with Crippen LogP contribution in [0.5, 0.6) is 5.75 Å². The van der Waals surface area contributed by atoms with Gasteiger partial charge in [0.2, 0.25) is 0 Å². The molecule has 0 aliphatic heterocycles. The lowest BCUT2D eigenvalue weighted by atomic mass is 10.1. The summed E-state index contributed by atoms with van der Waals surface area (Å²) in [7, 11) is 0. The fraction of sp³-hybridized carbons (Fsp3) is 0.364. The Morgan fingerprint density at radius 1 is 1.15 bits per heavy atom. The van der Waals surface area contributed by atoms with Crippen LogP contribution in [0.15, 0.2) is 48.8 Å². The highest BCUT2D eigenvalue weighted by molar-refractivity contribution is 5.96. The smallest absolute Gasteiger partial charge is 0.257 e. The Bertz CT molecular complexity index is 917. The maximum absolute atomic E-state index is 12.9. The second kappa shape index (κ2) is 8.71. The van der Waals surface area contributed by atoms with Crippen molar-refractivity contribution in [2.45, 2.75) is 40.2 Å². The quantitative estimate of drug-likeness (QED) is 0.591. The third-order valence-corrected chi connectivity index (χ3v) is 4.59. The zero-order chi connectivity index (χ0) is 19.2. The first kappa shape index (κ1) is 19.0. The Balaban J connectivity index is 1.75. The average Bonchev–Trinajstić information content (AvgIpc) is 3.09. The third kappa shape index (κ3) is 4.48. The molecule has 0 fully saturated rings. The van der Waals surface area contributed by atoms with E-state index in [1.165, 1.54) is 5.56 Å². The molecule has 0 aliphatic carbocycles. The predicted molar refractivity (Wildman–Crippen MR) is 107 cm³/mol. The SMILES string of the molecule is CCCCN(CC)C(=O)c1ccccc1OCc1cn2cc(C)ccc2n1. The van der Waals surface area contributed by atoms with Gasteiger partial charge in [-0.05, 0) is 44.0 Å². The van der Waals surface area contributed by atoms with E-state index in [0.29, 0.717) is 24.5 Å². The number of para-hydroxylation sites is 1. The number of nitrogens with zero attached hydrogens (tertiary/aromatic N) is 3. The number of ether oxygens (including phenoxy) is 1. The second-order valence-electron chi connectivity index (χ2n) is 6.73. The average molecular weight is 365 g/mol. The number of carbonyl (C=O) groups excluding carboxylic acids is 1. The summed E-state index contributed by atoms with van der Waals surface area (Å²) < 4.78 is 7.97. The van der Waals surface area contributed by atoms with Gasteiger partial charge >= 0.3 is 0 Å². The molecule has 0 spiro atoms. The van der Waals surface area contributed by atoms with E-state index in [-0.39, 0.29) is 5.91 Å². The molecular formula is C22H27N3O2. The summed E-state index contributed by atoms with van der Waals surface area (Å²) in [5.74, 6) is 0.623. The highest BCUT2D eigenvalue weighted by Gasteiger charge is 2.18. The molecule has 0 radical (unpaired) electrons. The van der Waals surface area contributed by atoms with Crippen LogP contribution in [0.25, 0.3) is 5.65 Å². The molecule has 27 heavy (non-hydrogen) atoms. The molecule has 0 unspecified atom stereocenters. The van der Waals surface area contributed by atoms with Gasteiger partial charge in [-0.15, -0.1) is 0 Å². The van der Waals surface area contributed by atoms with Crippen molar-refractivity contribution < 1.29 is 9.53 Å². The number of aromatic nitrogens is 2. The largest absolute Gasteiger partial charge is 0.486 e. The van der Waals surface area contributed by atoms with Crippen LogP contribution in [0.2, 0.25) is 0 Å². The topological polar surface area (TPSA) is 46.8 Å². The third-order valence-electron chi connectivity index (χ3n) is 4.59. The summed E-state index contributed by atoms with van der Waals surface area (Å²) in [6, 6.07) is 11.5. The predicted octanol–water partition coefficient (Wildman–Crippen LogP) is 4.48. The molecule has 0 saturated heterocycles. The van der Waals surface area contributed by atoms with E-state index >= 15 is 0 Å². The molecule has 5 nitrogen and oxygen atoms in total. The Labute approximate surface area is 160 Å². The lowest BCUT2D eigenvalue weighted by Gasteiger charge is -2.22. The summed E-state index contributed by atoms with van der Waals surface area (Å²) in [4.78, 5) is 19.4. The number of pyridine rings is 1. The number of hydrogen-bond acceptors (Lipinski definition) is 3. The number of imidazole rings is 1. The first-order chi connectivity index (χ1) is 13.1. The summed E-state index contributed by atoms with van der Waals surface area (Å²) in [5.41, 5.74) is 3.51. The molecule has 1 aromatic carbocycles. The van der Waals surface area contributed by atoms with E-state index in [2.05, 4.69) is 18.8 Å². The number of unbranched alkanes of at least 4 members (excludes halogenated alkanes) is 1. The van der Waals surface area contributed by atoms with Crippen LogP contribution in [0, 0.1) is 6.92 Å². The highest BCUT2D eigenvalue weighted by atomic mass is 16.5. The fourth-order valence-corrected chi connectivity index (χ4v) is 3.07. The molecule has 2 heterocycles. The molecule has 0 bridgehead atoms. The van der Waals surface area contributed by atoms with Gasteiger partial charge in [0, 0.05) is 25.5 Å². The van der Waals surface area contributed by atoms with E-state index in [4.69, 9.17) is 4.74 Å². The van der Waals surface area contributed by atoms with E-state index < -0.39 is 0 Å². The zero-order valence-electron chi connectivity index (χ0n) is 16.3. The van der Waals surface area contributed by atoms with Crippen molar-refractivity contribution in [2.24, 2.45) is 0 Å². The Hall–Kier alpha value is -2.82. The molecule has 0 saturated carbocycles. The number of carbonyl (C=O) groups is 1. The van der Waals surface area contributed by atoms with E-state index in [1.54, 1.807) is 0 Å². The normalized spacial score (nSPS) is 10.9. The number of aryl methyl sites for hydroxylation is 1. The number of rotatable bonds is 8. The van der Waals surface area contributed by atoms with Crippen molar-refractivity contribution in [3.8, 4) is 5.75 Å². The summed E-state index contributed by atoms with van der Waals surface area (Å²) in [5, 5.41) is 0. The Morgan fingerprint density at radius 3 is 2.74 bits per heavy atom. The first-order valence-corrected chi connectivity index (χ1v) is 9.57. The Kier molecular flexibility index (Phi) is 6.12. The van der Waals surface area contributed by atoms with Gasteiger partial charge in [0.05, 0.1) is 11.3 Å². The van der Waals surface area contributed by atoms with Gasteiger partial charge in [-0.1, -0.05) is 31.5 Å². The van der Waals surface area contributed by atoms with E-state index in [1.807, 2.05) is 65.0 Å². The van der Waals surface area contributed by atoms with Gasteiger partial charge in [0.15, 0.2) is 0 Å². The summed E-state index contributed by atoms with van der Waals surface area (Å²) in [6.45, 7) is 7.98. The van der Waals surface area contributed by atoms with Gasteiger partial charge in [0.25, 0.3) is 5.91 Å². The molecule has 1 amide bonds. The number of fused-ring (bicyclic) bond motifs is 1. The Morgan fingerprint density at radius 2 is 1.96 bits per heavy atom. The minimum atomic E-state index is 0.0205. The van der Waals surface area contributed by atoms with E-state index in [0.717, 1.165) is 30.7 Å². The van der Waals surface area contributed by atoms with Crippen LogP contribution in [0.3, 0.4) is 0 Å². The fourth-order valence-electron chi connectivity index (χ4n) is 3.07. The van der Waals surface area contributed by atoms with Crippen molar-refractivity contribution in [1.29, 1.82) is 0 Å². The van der Waals surface area contributed by atoms with Crippen molar-refractivity contribution in [3.05, 3.63) is 65.6 Å². The highest BCUT2D eigenvalue weighted by Crippen LogP contribution is 2.21. The van der Waals surface area contributed by atoms with Crippen molar-refractivity contribution in [2.75, 3.05) is 13.1 Å². The van der Waals surface area contributed by atoms with Crippen LogP contribution >= 0.6 is 0 Å². The maximum atomic E-state index is 12.9. The zero-order valence-corrected chi connectivity index (χ0v) is 16.3. The van der Waals surface area contributed by atoms with Gasteiger partial charge in [-0.2, -0.15) is 0 Å². The molecule has 3 rings (SSSR count). The molecule has 2 aromatic heterocycles. The molecule has 0 aliphatic rings. The van der Waals surface area contributed by atoms with Gasteiger partial charge < -0.3 is 14.0 Å². The van der Waals surface area contributed by atoms with Gasteiger partial charge in [-0.25, -0.2) is 4.98 Å². The minimum Gasteiger partial charge on any atom is -0.486 e. The molecule has 5 heteroatoms. The first-order valence-electron chi connectivity index (χ1n) is 9.57. The van der Waals surface area contributed by atoms with Crippen molar-refractivity contribution >= 4 is 11.6 Å². The molecule has 142 valence electrons. The monoisotopic (exact) mass is 365 g/mol.